The van der Waals surface area contributed by atoms with E-state index in [1.165, 1.54) is 11.3 Å². The van der Waals surface area contributed by atoms with E-state index in [-0.39, 0.29) is 11.9 Å². The molecule has 0 bridgehead atoms. The molecule has 0 aromatic carbocycles. The first-order valence-electron chi connectivity index (χ1n) is 9.61. The molecule has 156 valence electrons. The van der Waals surface area contributed by atoms with Gasteiger partial charge in [-0.3, -0.25) is 9.78 Å². The molecule has 1 aliphatic rings. The number of amides is 1. The van der Waals surface area contributed by atoms with Gasteiger partial charge >= 0.3 is 0 Å². The quantitative estimate of drug-likeness (QED) is 0.581. The van der Waals surface area contributed by atoms with E-state index in [9.17, 15) is 9.90 Å². The molecule has 0 radical (unpaired) electrons. The molecule has 4 heterocycles. The predicted molar refractivity (Wildman–Crippen MR) is 117 cm³/mol. The van der Waals surface area contributed by atoms with Crippen LogP contribution in [0, 0.1) is 0 Å². The first-order valence-corrected chi connectivity index (χ1v) is 10.8. The van der Waals surface area contributed by atoms with Crippen LogP contribution >= 0.6 is 22.9 Å². The molecule has 8 nitrogen and oxygen atoms in total. The Hall–Kier alpha value is -2.62. The molecule has 0 aliphatic carbocycles. The molecule has 0 saturated carbocycles. The molecular formula is C20H21ClN6O2S. The maximum absolute atomic E-state index is 12.6. The smallest absolute Gasteiger partial charge is 0.284 e. The Balaban J connectivity index is 1.66. The highest BCUT2D eigenvalue weighted by Gasteiger charge is 2.28. The fourth-order valence-corrected chi connectivity index (χ4v) is 4.23. The first kappa shape index (κ1) is 20.6. The van der Waals surface area contributed by atoms with Crippen LogP contribution in [0.15, 0.2) is 30.5 Å². The zero-order valence-electron chi connectivity index (χ0n) is 16.5. The fraction of sp³-hybridized carbons (Fsp3) is 0.350. The lowest BCUT2D eigenvalue weighted by atomic mass is 10.1. The number of aliphatic hydroxyl groups is 1. The number of halogens is 1. The largest absolute Gasteiger partial charge is 0.391 e. The minimum absolute atomic E-state index is 0.173. The van der Waals surface area contributed by atoms with Gasteiger partial charge in [0.05, 0.1) is 23.1 Å². The number of aromatic nitrogens is 4. The summed E-state index contributed by atoms with van der Waals surface area (Å²) in [6.45, 7) is 4.93. The second-order valence-corrected chi connectivity index (χ2v) is 8.73. The molecular weight excluding hydrogens is 424 g/mol. The van der Waals surface area contributed by atoms with Crippen LogP contribution in [0.25, 0.3) is 22.0 Å². The number of carbonyl (C=O) groups is 1. The molecule has 4 rings (SSSR count). The van der Waals surface area contributed by atoms with Crippen molar-refractivity contribution in [1.82, 2.24) is 25.1 Å². The number of pyridine rings is 2. The van der Waals surface area contributed by atoms with Gasteiger partial charge in [-0.25, -0.2) is 4.98 Å². The van der Waals surface area contributed by atoms with Gasteiger partial charge in [-0.1, -0.05) is 29.0 Å². The zero-order valence-corrected chi connectivity index (χ0v) is 18.1. The third-order valence-electron chi connectivity index (χ3n) is 4.61. The van der Waals surface area contributed by atoms with Crippen molar-refractivity contribution in [3.8, 4) is 22.0 Å². The van der Waals surface area contributed by atoms with Crippen LogP contribution < -0.4 is 5.32 Å². The number of likely N-dealkylation sites (tertiary alicyclic amines) is 1. The van der Waals surface area contributed by atoms with Crippen LogP contribution in [0.4, 0.5) is 5.69 Å². The summed E-state index contributed by atoms with van der Waals surface area (Å²) in [4.78, 5) is 23.1. The molecule has 2 N–H and O–H groups in total. The van der Waals surface area contributed by atoms with Crippen LogP contribution in [0.2, 0.25) is 5.15 Å². The van der Waals surface area contributed by atoms with Crippen LogP contribution in [0.1, 0.15) is 30.1 Å². The normalized spacial score (nSPS) is 16.3. The molecule has 1 fully saturated rings. The highest BCUT2D eigenvalue weighted by atomic mass is 35.5. The summed E-state index contributed by atoms with van der Waals surface area (Å²) in [6, 6.07) is 7.46. The molecule has 0 unspecified atom stereocenters. The molecule has 3 aromatic rings. The highest BCUT2D eigenvalue weighted by Crippen LogP contribution is 2.33. The Kier molecular flexibility index (Phi) is 5.94. The van der Waals surface area contributed by atoms with E-state index in [1.54, 1.807) is 17.2 Å². The minimum Gasteiger partial charge on any atom is -0.391 e. The van der Waals surface area contributed by atoms with Gasteiger partial charge in [0.2, 0.25) is 5.01 Å². The summed E-state index contributed by atoms with van der Waals surface area (Å²) in [5, 5.41) is 22.7. The molecule has 10 heteroatoms. The van der Waals surface area contributed by atoms with Crippen molar-refractivity contribution in [2.75, 3.05) is 18.4 Å². The summed E-state index contributed by atoms with van der Waals surface area (Å²) < 4.78 is 0. The van der Waals surface area contributed by atoms with E-state index in [2.05, 4.69) is 25.5 Å². The van der Waals surface area contributed by atoms with Gasteiger partial charge in [-0.2, -0.15) is 0 Å². The maximum Gasteiger partial charge on any atom is 0.284 e. The molecule has 1 amide bonds. The number of nitrogens with one attached hydrogen (secondary N) is 1. The van der Waals surface area contributed by atoms with Gasteiger partial charge in [0, 0.05) is 31.0 Å². The first-order chi connectivity index (χ1) is 14.4. The number of aliphatic hydroxyl groups excluding tert-OH is 1. The minimum atomic E-state index is -0.472. The van der Waals surface area contributed by atoms with Crippen molar-refractivity contribution in [3.05, 3.63) is 40.6 Å². The standard InChI is InChI=1S/C20H21ClN6O2S/c1-11(2)23-15-8-16(14-4-3-5-17(21)24-14)22-9-13(15)18-25-26-19(30-18)20(29)27-7-6-12(28)10-27/h3-5,8-9,11-12,28H,6-7,10H2,1-2H3,(H,22,23)/t12-/m1/s1. The van der Waals surface area contributed by atoms with Gasteiger partial charge in [0.1, 0.15) is 5.15 Å². The van der Waals surface area contributed by atoms with Gasteiger partial charge in [0.25, 0.3) is 5.91 Å². The number of β-amino-alcohol motifs (C(OH)–C–C–N with tert-alkyl or cyclic N) is 1. The highest BCUT2D eigenvalue weighted by molar-refractivity contribution is 7.16. The Morgan fingerprint density at radius 3 is 2.87 bits per heavy atom. The number of nitrogens with zero attached hydrogens (tertiary/aromatic N) is 5. The van der Waals surface area contributed by atoms with Gasteiger partial charge < -0.3 is 15.3 Å². The average molecular weight is 445 g/mol. The topological polar surface area (TPSA) is 104 Å². The number of hydrogen-bond donors (Lipinski definition) is 2. The van der Waals surface area contributed by atoms with E-state index >= 15 is 0 Å². The van der Waals surface area contributed by atoms with Crippen molar-refractivity contribution in [1.29, 1.82) is 0 Å². The Morgan fingerprint density at radius 2 is 2.17 bits per heavy atom. The predicted octanol–water partition coefficient (Wildman–Crippen LogP) is 3.34. The van der Waals surface area contributed by atoms with Crippen molar-refractivity contribution in [2.24, 2.45) is 0 Å². The lowest BCUT2D eigenvalue weighted by molar-refractivity contribution is 0.0763. The van der Waals surface area contributed by atoms with E-state index in [0.29, 0.717) is 46.1 Å². The second kappa shape index (κ2) is 8.63. The van der Waals surface area contributed by atoms with Gasteiger partial charge in [0.15, 0.2) is 5.01 Å². The summed E-state index contributed by atoms with van der Waals surface area (Å²) in [5.74, 6) is -0.207. The van der Waals surface area contributed by atoms with Crippen molar-refractivity contribution < 1.29 is 9.90 Å². The van der Waals surface area contributed by atoms with E-state index in [4.69, 9.17) is 11.6 Å². The molecule has 1 aliphatic heterocycles. The summed E-state index contributed by atoms with van der Waals surface area (Å²) in [5.41, 5.74) is 2.92. The van der Waals surface area contributed by atoms with Crippen LogP contribution in [0.3, 0.4) is 0 Å². The van der Waals surface area contributed by atoms with Gasteiger partial charge in [-0.15, -0.1) is 10.2 Å². The van der Waals surface area contributed by atoms with E-state index in [0.717, 1.165) is 11.3 Å². The third kappa shape index (κ3) is 4.43. The number of hydrogen-bond acceptors (Lipinski definition) is 8. The SMILES string of the molecule is CC(C)Nc1cc(-c2cccc(Cl)n2)ncc1-c1nnc(C(=O)N2CC[C@@H](O)C2)s1. The molecule has 3 aromatic heterocycles. The van der Waals surface area contributed by atoms with Crippen LogP contribution in [0.5, 0.6) is 0 Å². The second-order valence-electron chi connectivity index (χ2n) is 7.37. The van der Waals surface area contributed by atoms with Crippen molar-refractivity contribution in [3.63, 3.8) is 0 Å². The number of carbonyl (C=O) groups excluding carboxylic acids is 1. The molecule has 1 atom stereocenters. The fourth-order valence-electron chi connectivity index (χ4n) is 3.23. The van der Waals surface area contributed by atoms with Crippen molar-refractivity contribution in [2.45, 2.75) is 32.4 Å². The third-order valence-corrected chi connectivity index (χ3v) is 5.77. The van der Waals surface area contributed by atoms with Crippen LogP contribution in [-0.2, 0) is 0 Å². The van der Waals surface area contributed by atoms with Crippen molar-refractivity contribution >= 4 is 34.5 Å². The summed E-state index contributed by atoms with van der Waals surface area (Å²) in [7, 11) is 0. The Labute approximate surface area is 183 Å². The lowest BCUT2D eigenvalue weighted by Gasteiger charge is -2.14. The number of rotatable bonds is 5. The monoisotopic (exact) mass is 444 g/mol. The molecule has 1 saturated heterocycles. The Morgan fingerprint density at radius 1 is 1.33 bits per heavy atom. The molecule has 0 spiro atoms. The summed E-state index contributed by atoms with van der Waals surface area (Å²) >= 11 is 7.23. The van der Waals surface area contributed by atoms with E-state index in [1.807, 2.05) is 32.0 Å². The summed E-state index contributed by atoms with van der Waals surface area (Å²) in [6.07, 6.45) is 1.82. The Bertz CT molecular complexity index is 1070. The maximum atomic E-state index is 12.6. The zero-order chi connectivity index (χ0) is 21.3. The van der Waals surface area contributed by atoms with Gasteiger partial charge in [-0.05, 0) is 38.5 Å². The average Bonchev–Trinajstić information content (AvgIpc) is 3.36. The molecule has 30 heavy (non-hydrogen) atoms. The van der Waals surface area contributed by atoms with Crippen LogP contribution in [-0.4, -0.2) is 61.3 Å². The lowest BCUT2D eigenvalue weighted by Crippen LogP contribution is -2.29. The van der Waals surface area contributed by atoms with E-state index < -0.39 is 6.10 Å². The number of anilines is 1.